The molecule has 27 heteroatoms. The molecule has 0 atom stereocenters. The Kier molecular flexibility index (Phi) is 17.5. The van der Waals surface area contributed by atoms with Crippen LogP contribution in [0.1, 0.15) is 35.6 Å². The second-order valence-electron chi connectivity index (χ2n) is 15.5. The Hall–Kier alpha value is -8.70. The molecule has 4 N–H and O–H groups in total. The van der Waals surface area contributed by atoms with E-state index in [-0.39, 0.29) is 69.4 Å². The zero-order chi connectivity index (χ0) is 53.9. The third-order valence-electron chi connectivity index (χ3n) is 10.1. The third-order valence-corrected chi connectivity index (χ3v) is 11.9. The zero-order valence-electron chi connectivity index (χ0n) is 39.1. The number of rotatable bonds is 13. The summed E-state index contributed by atoms with van der Waals surface area (Å²) in [6.45, 7) is 4.59. The number of aryl methyl sites for hydroxylation is 1. The van der Waals surface area contributed by atoms with Crippen molar-refractivity contribution in [3.8, 4) is 34.9 Å². The zero-order valence-corrected chi connectivity index (χ0v) is 42.3. The average molecular weight is 1080 g/mol. The molecule has 0 bridgehead atoms. The second-order valence-corrected chi connectivity index (χ2v) is 19.9. The molecule has 0 saturated heterocycles. The van der Waals surface area contributed by atoms with E-state index < -0.39 is 36.6 Å². The fraction of sp³-hybridized carbons (Fsp3) is 0.149. The van der Waals surface area contributed by atoms with Crippen LogP contribution in [-0.4, -0.2) is 77.6 Å². The van der Waals surface area contributed by atoms with Crippen LogP contribution in [0.15, 0.2) is 134 Å². The highest BCUT2D eigenvalue weighted by molar-refractivity contribution is 7.85. The first-order valence-corrected chi connectivity index (χ1v) is 26.5. The topological polar surface area (TPSA) is 358 Å². The normalized spacial score (nSPS) is 11.6. The van der Waals surface area contributed by atoms with Gasteiger partial charge in [-0.05, 0) is 73.2 Å². The Morgan fingerprint density at radius 1 is 0.797 bits per heavy atom. The van der Waals surface area contributed by atoms with E-state index in [0.717, 1.165) is 22.1 Å². The molecular weight excluding hydrogens is 1040 g/mol. The molecule has 0 aliphatic heterocycles. The molecule has 0 aliphatic carbocycles. The van der Waals surface area contributed by atoms with Gasteiger partial charge in [0, 0.05) is 35.2 Å². The number of nitrogens with zero attached hydrogens (tertiary/aromatic N) is 10. The van der Waals surface area contributed by atoms with Crippen molar-refractivity contribution in [2.45, 2.75) is 27.2 Å². The van der Waals surface area contributed by atoms with Crippen molar-refractivity contribution in [2.75, 3.05) is 23.9 Å². The lowest BCUT2D eigenvalue weighted by Crippen LogP contribution is -2.08. The summed E-state index contributed by atoms with van der Waals surface area (Å²) < 4.78 is 90.9. The average Bonchev–Trinajstić information content (AvgIpc) is 3.89. The number of carbonyl (C=O) groups is 1. The number of thiophene rings is 1. The number of anilines is 1. The lowest BCUT2D eigenvalue weighted by Gasteiger charge is -2.12. The lowest BCUT2D eigenvalue weighted by atomic mass is 10.0. The van der Waals surface area contributed by atoms with E-state index in [9.17, 15) is 41.8 Å². The Morgan fingerprint density at radius 2 is 1.42 bits per heavy atom. The van der Waals surface area contributed by atoms with E-state index in [1.165, 1.54) is 17.4 Å². The van der Waals surface area contributed by atoms with Crippen LogP contribution in [0.4, 0.5) is 38.4 Å². The number of nitrogens with one attached hydrogen (secondary N) is 1. The molecule has 0 aliphatic rings. The lowest BCUT2D eigenvalue weighted by molar-refractivity contribution is -0.114. The van der Waals surface area contributed by atoms with Crippen LogP contribution in [0, 0.1) is 36.5 Å². The van der Waals surface area contributed by atoms with E-state index in [0.29, 0.717) is 55.9 Å². The van der Waals surface area contributed by atoms with Crippen LogP contribution < -0.4 is 10.1 Å². The Labute approximate surface area is 427 Å². The maximum absolute atomic E-state index is 12.0. The number of aromatic hydroxyl groups is 1. The number of amides is 1. The van der Waals surface area contributed by atoms with Gasteiger partial charge in [-0.3, -0.25) is 18.3 Å². The number of aromatic nitrogens is 2. The number of hydrogen-bond donors (Lipinski definition) is 4. The largest absolute Gasteiger partial charge is 0.493 e. The molecule has 0 radical (unpaired) electrons. The van der Waals surface area contributed by atoms with Crippen molar-refractivity contribution < 1.29 is 53.2 Å². The van der Waals surface area contributed by atoms with Crippen LogP contribution in [0.25, 0.3) is 38.6 Å². The molecule has 0 unspecified atom stereocenters. The van der Waals surface area contributed by atoms with Crippen molar-refractivity contribution in [1.29, 1.82) is 10.5 Å². The standard InChI is InChI=1S/C46H35N11O6S2.CH4O3S.O3S/c1-26-21-38(53-54-42-27(2)33(24-47)43-50-36-16-6-7-18-39(36)57(43)46(42)59)40(63-19-10-20-65(60,61)62)23-37(26)52-55-44-34(25-48)41(30-13-8-14-31(22-30)49-28(3)58)45(64-44)56-51-35-17-9-12-29-11-4-5-15-32(29)35;1-5(2,3)4;1-4(2)3/h4-9,11-18,21-23,59H,10,19-20H2,1-3H3,(H,49,58)(H,60,61,62);1H3,(H,2,3,4);. The maximum atomic E-state index is 12.0. The molecule has 8 aromatic rings. The molecule has 8 rings (SSSR count). The van der Waals surface area contributed by atoms with E-state index in [1.807, 2.05) is 42.5 Å². The first kappa shape index (κ1) is 54.6. The predicted molar refractivity (Wildman–Crippen MR) is 274 cm³/mol. The predicted octanol–water partition coefficient (Wildman–Crippen LogP) is 10.8. The van der Waals surface area contributed by atoms with Gasteiger partial charge in [0.05, 0.1) is 41.0 Å². The van der Waals surface area contributed by atoms with Crippen LogP contribution in [0.5, 0.6) is 11.6 Å². The number of azo groups is 3. The number of pyridine rings is 1. The monoisotopic (exact) mass is 1080 g/mol. The number of ether oxygens (including phenoxy) is 1. The number of carbonyl (C=O) groups excluding carboxylic acids is 1. The van der Waals surface area contributed by atoms with E-state index in [2.05, 4.69) is 53.1 Å². The molecule has 23 nitrogen and oxygen atoms in total. The number of fused-ring (bicyclic) bond motifs is 4. The van der Waals surface area contributed by atoms with Gasteiger partial charge in [-0.15, -0.1) is 43.3 Å². The molecule has 378 valence electrons. The summed E-state index contributed by atoms with van der Waals surface area (Å²) >= 11 is 1.09. The summed E-state index contributed by atoms with van der Waals surface area (Å²) in [5, 5.41) is 64.5. The number of hydrogen-bond acceptors (Lipinski definition) is 20. The highest BCUT2D eigenvalue weighted by Gasteiger charge is 2.23. The summed E-state index contributed by atoms with van der Waals surface area (Å²) in [4.78, 5) is 16.5. The molecule has 74 heavy (non-hydrogen) atoms. The minimum atomic E-state index is -4.28. The Morgan fingerprint density at radius 3 is 2.11 bits per heavy atom. The quantitative estimate of drug-likeness (QED) is 0.0473. The maximum Gasteiger partial charge on any atom is 0.425 e. The molecular formula is C47H39N11O12S4. The van der Waals surface area contributed by atoms with Crippen molar-refractivity contribution in [3.05, 3.63) is 125 Å². The summed E-state index contributed by atoms with van der Waals surface area (Å²) in [7, 11) is -11.1. The van der Waals surface area contributed by atoms with Gasteiger partial charge >= 0.3 is 10.6 Å². The highest BCUT2D eigenvalue weighted by Crippen LogP contribution is 2.49. The fourth-order valence-corrected chi connectivity index (χ4v) is 8.48. The molecule has 3 heterocycles. The summed E-state index contributed by atoms with van der Waals surface area (Å²) in [5.41, 5.74) is 5.16. The third kappa shape index (κ3) is 14.0. The van der Waals surface area contributed by atoms with Crippen LogP contribution in [0.2, 0.25) is 0 Å². The summed E-state index contributed by atoms with van der Waals surface area (Å²) in [5.74, 6) is -1.03. The first-order valence-electron chi connectivity index (χ1n) is 21.2. The molecule has 3 aromatic heterocycles. The minimum Gasteiger partial charge on any atom is -0.493 e. The van der Waals surface area contributed by atoms with Gasteiger partial charge in [-0.2, -0.15) is 27.4 Å². The molecule has 1 amide bonds. The van der Waals surface area contributed by atoms with Gasteiger partial charge in [0.15, 0.2) is 16.3 Å². The summed E-state index contributed by atoms with van der Waals surface area (Å²) in [6.07, 6.45) is 0.645. The van der Waals surface area contributed by atoms with Crippen molar-refractivity contribution >= 4 is 114 Å². The number of benzene rings is 5. The summed E-state index contributed by atoms with van der Waals surface area (Å²) in [6, 6.07) is 35.0. The van der Waals surface area contributed by atoms with E-state index in [1.54, 1.807) is 68.4 Å². The van der Waals surface area contributed by atoms with E-state index >= 15 is 0 Å². The highest BCUT2D eigenvalue weighted by atomic mass is 32.2. The SMILES string of the molecule is CC(=O)Nc1cccc(-c2c(N=Nc3cccc4ccccc34)sc(N=Nc3cc(OCCCS(=O)(=O)O)c(N=Nc4c(C)c(C#N)c5nc6ccccc6n5c4O)cc3C)c2C#N)c1.CS(=O)(=O)O.O=S(=O)=O. The van der Waals surface area contributed by atoms with Gasteiger partial charge < -0.3 is 15.2 Å². The van der Waals surface area contributed by atoms with Gasteiger partial charge in [-0.25, -0.2) is 4.98 Å². The van der Waals surface area contributed by atoms with Crippen LogP contribution >= 0.6 is 11.3 Å². The molecule has 0 spiro atoms. The number of para-hydroxylation sites is 2. The number of nitriles is 2. The smallest absolute Gasteiger partial charge is 0.425 e. The van der Waals surface area contributed by atoms with Gasteiger partial charge in [0.2, 0.25) is 11.8 Å². The Bertz CT molecular complexity index is 4010. The van der Waals surface area contributed by atoms with Crippen molar-refractivity contribution in [1.82, 2.24) is 9.38 Å². The Balaban J connectivity index is 0.000000914. The molecule has 0 saturated carbocycles. The first-order chi connectivity index (χ1) is 35.1. The van der Waals surface area contributed by atoms with Crippen LogP contribution in [-0.2, 0) is 35.6 Å². The molecule has 5 aromatic carbocycles. The van der Waals surface area contributed by atoms with Crippen LogP contribution in [0.3, 0.4) is 0 Å². The van der Waals surface area contributed by atoms with Gasteiger partial charge in [0.1, 0.15) is 39.7 Å². The van der Waals surface area contributed by atoms with Gasteiger partial charge in [-0.1, -0.05) is 72.0 Å². The van der Waals surface area contributed by atoms with Crippen molar-refractivity contribution in [3.63, 3.8) is 0 Å². The fourth-order valence-electron chi connectivity index (χ4n) is 7.08. The van der Waals surface area contributed by atoms with E-state index in [4.69, 9.17) is 21.9 Å². The minimum absolute atomic E-state index is 0.00416. The second kappa shape index (κ2) is 23.7. The van der Waals surface area contributed by atoms with Crippen molar-refractivity contribution in [2.24, 2.45) is 30.7 Å². The number of imidazole rings is 1. The van der Waals surface area contributed by atoms with Gasteiger partial charge in [0.25, 0.3) is 20.2 Å². The molecule has 0 fully saturated rings.